The maximum atomic E-state index is 13.6. The van der Waals surface area contributed by atoms with Gasteiger partial charge in [0.15, 0.2) is 0 Å². The van der Waals surface area contributed by atoms with Gasteiger partial charge in [0.25, 0.3) is 0 Å². The second-order valence-electron chi connectivity index (χ2n) is 6.79. The molecule has 0 aliphatic carbocycles. The maximum Gasteiger partial charge on any atom is 0.416 e. The molecule has 0 saturated carbocycles. The summed E-state index contributed by atoms with van der Waals surface area (Å²) in [5.41, 5.74) is -1.23. The molecule has 2 rings (SSSR count). The van der Waals surface area contributed by atoms with Crippen LogP contribution in [-0.2, 0) is 6.18 Å². The highest BCUT2D eigenvalue weighted by molar-refractivity contribution is 5.85. The van der Waals surface area contributed by atoms with Crippen molar-refractivity contribution >= 4 is 12.4 Å². The van der Waals surface area contributed by atoms with Crippen LogP contribution in [0.3, 0.4) is 0 Å². The summed E-state index contributed by atoms with van der Waals surface area (Å²) in [5.74, 6) is 0.173. The minimum Gasteiger partial charge on any atom is -0.497 e. The number of nitrogens with zero attached hydrogens (tertiary/aromatic N) is 1. The van der Waals surface area contributed by atoms with Crippen molar-refractivity contribution in [3.05, 3.63) is 29.3 Å². The molecule has 144 valence electrons. The largest absolute Gasteiger partial charge is 0.497 e. The van der Waals surface area contributed by atoms with Crippen LogP contribution in [0.4, 0.5) is 13.2 Å². The van der Waals surface area contributed by atoms with E-state index in [-0.39, 0.29) is 30.3 Å². The van der Waals surface area contributed by atoms with E-state index in [2.05, 4.69) is 5.32 Å². The van der Waals surface area contributed by atoms with E-state index < -0.39 is 23.2 Å². The molecule has 0 unspecified atom stereocenters. The summed E-state index contributed by atoms with van der Waals surface area (Å²) in [7, 11) is 1.35. The summed E-state index contributed by atoms with van der Waals surface area (Å²) >= 11 is 0. The summed E-state index contributed by atoms with van der Waals surface area (Å²) in [6.45, 7) is 6.10. The lowest BCUT2D eigenvalue weighted by atomic mass is 9.78. The number of nitrogens with one attached hydrogen (secondary N) is 1. The Hall–Kier alpha value is -1.02. The molecular weight excluding hydrogens is 357 g/mol. The average molecular weight is 383 g/mol. The SMILES string of the molecule is COc1ccc([C@H](N2CCNCC2)C(C)(C)CO)c(C(F)(F)F)c1.Cl. The molecule has 0 bridgehead atoms. The number of hydrogen-bond acceptors (Lipinski definition) is 4. The van der Waals surface area contributed by atoms with Gasteiger partial charge in [-0.1, -0.05) is 19.9 Å². The van der Waals surface area contributed by atoms with Crippen LogP contribution in [0.5, 0.6) is 5.75 Å². The van der Waals surface area contributed by atoms with Gasteiger partial charge >= 0.3 is 6.18 Å². The van der Waals surface area contributed by atoms with E-state index in [0.717, 1.165) is 19.2 Å². The summed E-state index contributed by atoms with van der Waals surface area (Å²) in [4.78, 5) is 2.02. The monoisotopic (exact) mass is 382 g/mol. The minimum atomic E-state index is -4.48. The molecule has 1 aromatic rings. The summed E-state index contributed by atoms with van der Waals surface area (Å²) in [5, 5.41) is 13.0. The van der Waals surface area contributed by atoms with E-state index in [1.165, 1.54) is 13.2 Å². The molecule has 1 atom stereocenters. The zero-order chi connectivity index (χ0) is 18.0. The van der Waals surface area contributed by atoms with Crippen LogP contribution in [0.15, 0.2) is 18.2 Å². The van der Waals surface area contributed by atoms with Crippen molar-refractivity contribution < 1.29 is 23.0 Å². The number of benzene rings is 1. The number of hydrogen-bond donors (Lipinski definition) is 2. The predicted molar refractivity (Wildman–Crippen MR) is 93.3 cm³/mol. The molecule has 1 aliphatic rings. The van der Waals surface area contributed by atoms with Gasteiger partial charge in [0.2, 0.25) is 0 Å². The minimum absolute atomic E-state index is 0. The van der Waals surface area contributed by atoms with Crippen molar-refractivity contribution in [3.63, 3.8) is 0 Å². The molecule has 8 heteroatoms. The third kappa shape index (κ3) is 5.00. The van der Waals surface area contributed by atoms with Crippen molar-refractivity contribution in [3.8, 4) is 5.75 Å². The topological polar surface area (TPSA) is 44.7 Å². The number of alkyl halides is 3. The van der Waals surface area contributed by atoms with Crippen LogP contribution in [0.25, 0.3) is 0 Å². The van der Waals surface area contributed by atoms with Crippen molar-refractivity contribution in [2.24, 2.45) is 5.41 Å². The molecule has 2 N–H and O–H groups in total. The molecule has 25 heavy (non-hydrogen) atoms. The molecule has 0 spiro atoms. The molecule has 1 aliphatic heterocycles. The van der Waals surface area contributed by atoms with Gasteiger partial charge in [-0.2, -0.15) is 13.2 Å². The number of halogens is 4. The third-order valence-corrected chi connectivity index (χ3v) is 4.52. The van der Waals surface area contributed by atoms with Gasteiger partial charge in [0.1, 0.15) is 5.75 Å². The molecule has 0 amide bonds. The molecular formula is C17H26ClF3N2O2. The van der Waals surface area contributed by atoms with E-state index in [1.807, 2.05) is 4.90 Å². The van der Waals surface area contributed by atoms with Gasteiger partial charge < -0.3 is 15.2 Å². The van der Waals surface area contributed by atoms with Gasteiger partial charge in [-0.25, -0.2) is 0 Å². The number of piperazine rings is 1. The van der Waals surface area contributed by atoms with Crippen LogP contribution >= 0.6 is 12.4 Å². The second-order valence-corrected chi connectivity index (χ2v) is 6.79. The normalized spacial score (nSPS) is 17.7. The van der Waals surface area contributed by atoms with Crippen LogP contribution in [0.2, 0.25) is 0 Å². The lowest BCUT2D eigenvalue weighted by Crippen LogP contribution is -2.50. The average Bonchev–Trinajstić information content (AvgIpc) is 2.55. The molecule has 0 aromatic heterocycles. The molecule has 1 fully saturated rings. The molecule has 4 nitrogen and oxygen atoms in total. The zero-order valence-corrected chi connectivity index (χ0v) is 15.5. The fraction of sp³-hybridized carbons (Fsp3) is 0.647. The highest BCUT2D eigenvalue weighted by Gasteiger charge is 2.42. The summed E-state index contributed by atoms with van der Waals surface area (Å²) < 4.78 is 45.9. The maximum absolute atomic E-state index is 13.6. The quantitative estimate of drug-likeness (QED) is 0.821. The van der Waals surface area contributed by atoms with E-state index >= 15 is 0 Å². The van der Waals surface area contributed by atoms with Crippen molar-refractivity contribution in [2.45, 2.75) is 26.1 Å². The van der Waals surface area contributed by atoms with E-state index in [0.29, 0.717) is 13.1 Å². The van der Waals surface area contributed by atoms with Crippen molar-refractivity contribution in [1.29, 1.82) is 0 Å². The van der Waals surface area contributed by atoms with Gasteiger partial charge in [-0.05, 0) is 17.7 Å². The lowest BCUT2D eigenvalue weighted by molar-refractivity contribution is -0.139. The number of rotatable bonds is 5. The van der Waals surface area contributed by atoms with Crippen molar-refractivity contribution in [2.75, 3.05) is 39.9 Å². The van der Waals surface area contributed by atoms with E-state index in [1.54, 1.807) is 19.9 Å². The van der Waals surface area contributed by atoms with Gasteiger partial charge in [0.05, 0.1) is 12.7 Å². The predicted octanol–water partition coefficient (Wildman–Crippen LogP) is 3.10. The third-order valence-electron chi connectivity index (χ3n) is 4.52. The van der Waals surface area contributed by atoms with Gasteiger partial charge in [0, 0.05) is 44.2 Å². The van der Waals surface area contributed by atoms with E-state index in [4.69, 9.17) is 4.74 Å². The van der Waals surface area contributed by atoms with Crippen LogP contribution in [-0.4, -0.2) is 49.9 Å². The number of methoxy groups -OCH3 is 1. The Labute approximate surface area is 152 Å². The van der Waals surface area contributed by atoms with Crippen LogP contribution < -0.4 is 10.1 Å². The first-order chi connectivity index (χ1) is 11.2. The van der Waals surface area contributed by atoms with Crippen LogP contribution in [0, 0.1) is 5.41 Å². The fourth-order valence-electron chi connectivity index (χ4n) is 3.29. The second kappa shape index (κ2) is 8.58. The number of ether oxygens (including phenoxy) is 1. The smallest absolute Gasteiger partial charge is 0.416 e. The Morgan fingerprint density at radius 1 is 1.24 bits per heavy atom. The summed E-state index contributed by atoms with van der Waals surface area (Å²) in [6, 6.07) is 3.53. The van der Waals surface area contributed by atoms with E-state index in [9.17, 15) is 18.3 Å². The Kier molecular flexibility index (Phi) is 7.55. The van der Waals surface area contributed by atoms with Crippen molar-refractivity contribution in [1.82, 2.24) is 10.2 Å². The molecule has 1 aromatic carbocycles. The Bertz CT molecular complexity index is 561. The first kappa shape index (κ1) is 22.0. The van der Waals surface area contributed by atoms with Crippen LogP contribution in [0.1, 0.15) is 31.0 Å². The lowest BCUT2D eigenvalue weighted by Gasteiger charge is -2.44. The number of aliphatic hydroxyl groups excluding tert-OH is 1. The standard InChI is InChI=1S/C17H25F3N2O2.ClH/c1-16(2,11-23)15(22-8-6-21-7-9-22)13-5-4-12(24-3)10-14(13)17(18,19)20;/h4-5,10,15,21,23H,6-9,11H2,1-3H3;1H/t15-;/m0./s1. The Balaban J connectivity index is 0.00000312. The molecule has 1 heterocycles. The first-order valence-electron chi connectivity index (χ1n) is 8.01. The first-order valence-corrected chi connectivity index (χ1v) is 8.01. The highest BCUT2D eigenvalue weighted by Crippen LogP contribution is 2.45. The highest BCUT2D eigenvalue weighted by atomic mass is 35.5. The van der Waals surface area contributed by atoms with Gasteiger partial charge in [-0.3, -0.25) is 4.90 Å². The Morgan fingerprint density at radius 2 is 1.84 bits per heavy atom. The molecule has 1 saturated heterocycles. The number of aliphatic hydroxyl groups is 1. The Morgan fingerprint density at radius 3 is 2.32 bits per heavy atom. The fourth-order valence-corrected chi connectivity index (χ4v) is 3.29. The summed E-state index contributed by atoms with van der Waals surface area (Å²) in [6.07, 6.45) is -4.48. The molecule has 0 radical (unpaired) electrons. The van der Waals surface area contributed by atoms with Gasteiger partial charge in [-0.15, -0.1) is 12.4 Å². The zero-order valence-electron chi connectivity index (χ0n) is 14.7.